The van der Waals surface area contributed by atoms with E-state index in [4.69, 9.17) is 11.1 Å². The van der Waals surface area contributed by atoms with Crippen LogP contribution in [0.25, 0.3) is 0 Å². The largest absolute Gasteiger partial charge is 0.398 e. The average Bonchev–Trinajstić information content (AvgIpc) is 2.46. The van der Waals surface area contributed by atoms with Gasteiger partial charge in [0, 0.05) is 17.5 Å². The van der Waals surface area contributed by atoms with E-state index in [-0.39, 0.29) is 10.3 Å². The third kappa shape index (κ3) is 3.90. The molecule has 2 rings (SSSR count). The molecular weight excluding hydrogens is 310 g/mol. The summed E-state index contributed by atoms with van der Waals surface area (Å²) in [6, 6.07) is 11.5. The summed E-state index contributed by atoms with van der Waals surface area (Å²) >= 11 is 0. The second-order valence-electron chi connectivity index (χ2n) is 6.37. The van der Waals surface area contributed by atoms with E-state index in [1.807, 2.05) is 12.1 Å². The van der Waals surface area contributed by atoms with Crippen molar-refractivity contribution < 1.29 is 8.42 Å². The summed E-state index contributed by atoms with van der Waals surface area (Å²) in [5, 5.41) is 7.20. The molecule has 0 fully saturated rings. The number of hydrogen-bond acceptors (Lipinski definition) is 4. The van der Waals surface area contributed by atoms with Gasteiger partial charge in [-0.3, -0.25) is 4.72 Å². The smallest absolute Gasteiger partial charge is 0.261 e. The van der Waals surface area contributed by atoms with Gasteiger partial charge in [0.2, 0.25) is 0 Å². The first kappa shape index (κ1) is 17.0. The molecule has 2 aromatic carbocycles. The molecule has 6 heteroatoms. The Morgan fingerprint density at radius 3 is 2.17 bits per heavy atom. The minimum Gasteiger partial charge on any atom is -0.398 e. The number of rotatable bonds is 4. The van der Waals surface area contributed by atoms with Crippen LogP contribution in [0, 0.1) is 5.41 Å². The van der Waals surface area contributed by atoms with Gasteiger partial charge in [-0.25, -0.2) is 8.42 Å². The number of benzene rings is 2. The van der Waals surface area contributed by atoms with E-state index in [1.165, 1.54) is 6.07 Å². The molecule has 0 aromatic heterocycles. The summed E-state index contributed by atoms with van der Waals surface area (Å²) in [5.74, 6) is 0. The van der Waals surface area contributed by atoms with Crippen LogP contribution < -0.4 is 10.5 Å². The minimum absolute atomic E-state index is 0.0350. The first-order chi connectivity index (χ1) is 10.6. The van der Waals surface area contributed by atoms with E-state index >= 15 is 0 Å². The number of nitrogens with two attached hydrogens (primary N) is 1. The first-order valence-corrected chi connectivity index (χ1v) is 8.65. The highest BCUT2D eigenvalue weighted by atomic mass is 32.2. The van der Waals surface area contributed by atoms with Gasteiger partial charge in [-0.15, -0.1) is 0 Å². The molecule has 5 nitrogen and oxygen atoms in total. The number of anilines is 2. The van der Waals surface area contributed by atoms with Gasteiger partial charge in [-0.1, -0.05) is 32.9 Å². The fourth-order valence-electron chi connectivity index (χ4n) is 2.12. The lowest BCUT2D eigenvalue weighted by Crippen LogP contribution is -2.15. The van der Waals surface area contributed by atoms with Crippen molar-refractivity contribution in [2.24, 2.45) is 0 Å². The second-order valence-corrected chi connectivity index (χ2v) is 8.05. The third-order valence-corrected chi connectivity index (χ3v) is 4.92. The van der Waals surface area contributed by atoms with Gasteiger partial charge < -0.3 is 11.1 Å². The highest BCUT2D eigenvalue weighted by molar-refractivity contribution is 7.92. The summed E-state index contributed by atoms with van der Waals surface area (Å²) < 4.78 is 27.4. The quantitative estimate of drug-likeness (QED) is 0.592. The molecule has 0 radical (unpaired) electrons. The molecule has 0 aliphatic heterocycles. The fourth-order valence-corrected chi connectivity index (χ4v) is 3.17. The molecule has 0 atom stereocenters. The summed E-state index contributed by atoms with van der Waals surface area (Å²) in [7, 11) is -3.67. The predicted molar refractivity (Wildman–Crippen MR) is 94.7 cm³/mol. The van der Waals surface area contributed by atoms with Crippen molar-refractivity contribution in [1.29, 1.82) is 5.41 Å². The SMILES string of the molecule is CC(C)(C)c1ccc(S(=O)(=O)Nc2ccc(C=N)c(N)c2)cc1. The van der Waals surface area contributed by atoms with Gasteiger partial charge in [0.25, 0.3) is 10.0 Å². The molecule has 0 spiro atoms. The Hall–Kier alpha value is -2.34. The summed E-state index contributed by atoms with van der Waals surface area (Å²) in [6.07, 6.45) is 1.12. The summed E-state index contributed by atoms with van der Waals surface area (Å²) in [5.41, 5.74) is 8.06. The molecule has 0 saturated heterocycles. The van der Waals surface area contributed by atoms with E-state index in [2.05, 4.69) is 25.5 Å². The molecule has 4 N–H and O–H groups in total. The van der Waals surface area contributed by atoms with Crippen LogP contribution in [0.3, 0.4) is 0 Å². The van der Waals surface area contributed by atoms with Crippen molar-refractivity contribution >= 4 is 27.6 Å². The molecule has 23 heavy (non-hydrogen) atoms. The van der Waals surface area contributed by atoms with Crippen LogP contribution in [-0.4, -0.2) is 14.6 Å². The topological polar surface area (TPSA) is 96.0 Å². The van der Waals surface area contributed by atoms with E-state index in [1.54, 1.807) is 24.3 Å². The molecule has 2 aromatic rings. The lowest BCUT2D eigenvalue weighted by molar-refractivity contribution is 0.587. The number of hydrogen-bond donors (Lipinski definition) is 3. The Labute approximate surface area is 137 Å². The minimum atomic E-state index is -3.67. The molecule has 0 heterocycles. The highest BCUT2D eigenvalue weighted by Gasteiger charge is 2.17. The van der Waals surface area contributed by atoms with Crippen LogP contribution in [0.1, 0.15) is 31.9 Å². The monoisotopic (exact) mass is 331 g/mol. The van der Waals surface area contributed by atoms with Gasteiger partial charge in [0.05, 0.1) is 10.6 Å². The molecule has 0 aliphatic carbocycles. The Balaban J connectivity index is 2.28. The standard InChI is InChI=1S/C17H21N3O2S/c1-17(2,3)13-5-8-15(9-6-13)23(21,22)20-14-7-4-12(11-18)16(19)10-14/h4-11,18,20H,19H2,1-3H3. The molecule has 0 saturated carbocycles. The van der Waals surface area contributed by atoms with Gasteiger partial charge in [0.1, 0.15) is 0 Å². The Morgan fingerprint density at radius 1 is 1.09 bits per heavy atom. The highest BCUT2D eigenvalue weighted by Crippen LogP contribution is 2.25. The fraction of sp³-hybridized carbons (Fsp3) is 0.235. The van der Waals surface area contributed by atoms with Crippen molar-refractivity contribution in [2.45, 2.75) is 31.1 Å². The molecule has 0 unspecified atom stereocenters. The molecule has 0 amide bonds. The lowest BCUT2D eigenvalue weighted by Gasteiger charge is -2.19. The third-order valence-electron chi connectivity index (χ3n) is 3.53. The van der Waals surface area contributed by atoms with Crippen LogP contribution in [0.4, 0.5) is 11.4 Å². The van der Waals surface area contributed by atoms with Crippen LogP contribution in [0.2, 0.25) is 0 Å². The van der Waals surface area contributed by atoms with Crippen molar-refractivity contribution in [3.05, 3.63) is 53.6 Å². The van der Waals surface area contributed by atoms with Gasteiger partial charge >= 0.3 is 0 Å². The zero-order valence-electron chi connectivity index (χ0n) is 13.4. The van der Waals surface area contributed by atoms with Gasteiger partial charge in [0.15, 0.2) is 0 Å². The summed E-state index contributed by atoms with van der Waals surface area (Å²) in [6.45, 7) is 6.22. The Morgan fingerprint density at radius 2 is 1.70 bits per heavy atom. The van der Waals surface area contributed by atoms with Crippen molar-refractivity contribution in [3.8, 4) is 0 Å². The molecule has 0 aliphatic rings. The van der Waals surface area contributed by atoms with Gasteiger partial charge in [-0.05, 0) is 41.3 Å². The maximum atomic E-state index is 12.4. The Bertz CT molecular complexity index is 820. The van der Waals surface area contributed by atoms with Crippen molar-refractivity contribution in [1.82, 2.24) is 0 Å². The van der Waals surface area contributed by atoms with Gasteiger partial charge in [-0.2, -0.15) is 0 Å². The zero-order valence-corrected chi connectivity index (χ0v) is 14.2. The average molecular weight is 331 g/mol. The number of sulfonamides is 1. The van der Waals surface area contributed by atoms with Crippen molar-refractivity contribution in [2.75, 3.05) is 10.5 Å². The van der Waals surface area contributed by atoms with Crippen LogP contribution in [-0.2, 0) is 15.4 Å². The van der Waals surface area contributed by atoms with E-state index in [0.29, 0.717) is 16.9 Å². The second kappa shape index (κ2) is 6.04. The Kier molecular flexibility index (Phi) is 4.47. The summed E-state index contributed by atoms with van der Waals surface area (Å²) in [4.78, 5) is 0.195. The predicted octanol–water partition coefficient (Wildman–Crippen LogP) is 3.36. The van der Waals surface area contributed by atoms with Crippen LogP contribution in [0.5, 0.6) is 0 Å². The van der Waals surface area contributed by atoms with E-state index in [9.17, 15) is 8.42 Å². The van der Waals surface area contributed by atoms with E-state index in [0.717, 1.165) is 11.8 Å². The number of nitrogen functional groups attached to an aromatic ring is 1. The van der Waals surface area contributed by atoms with Crippen LogP contribution in [0.15, 0.2) is 47.4 Å². The maximum Gasteiger partial charge on any atom is 0.261 e. The molecule has 0 bridgehead atoms. The van der Waals surface area contributed by atoms with Crippen molar-refractivity contribution in [3.63, 3.8) is 0 Å². The van der Waals surface area contributed by atoms with E-state index < -0.39 is 10.0 Å². The molecular formula is C17H21N3O2S. The number of nitrogens with one attached hydrogen (secondary N) is 2. The zero-order chi connectivity index (χ0) is 17.3. The molecule has 122 valence electrons. The lowest BCUT2D eigenvalue weighted by atomic mass is 9.87. The van der Waals surface area contributed by atoms with Crippen LogP contribution >= 0.6 is 0 Å². The maximum absolute atomic E-state index is 12.4. The normalized spacial score (nSPS) is 12.0. The first-order valence-electron chi connectivity index (χ1n) is 7.17.